The highest BCUT2D eigenvalue weighted by Gasteiger charge is 2.41. The SMILES string of the molecule is Cc1c(F)cc(OC(F)(F)c2c(F)cc(-c3ccc(C[Si])cc3)cc2F)cc1F. The second-order valence-electron chi connectivity index (χ2n) is 6.32. The second-order valence-corrected chi connectivity index (χ2v) is 6.67. The summed E-state index contributed by atoms with van der Waals surface area (Å²) < 4.78 is 89.0. The van der Waals surface area contributed by atoms with E-state index in [0.29, 0.717) is 23.7 Å². The Morgan fingerprint density at radius 2 is 1.31 bits per heavy atom. The van der Waals surface area contributed by atoms with E-state index in [1.807, 2.05) is 0 Å². The van der Waals surface area contributed by atoms with Crippen molar-refractivity contribution in [2.45, 2.75) is 19.1 Å². The van der Waals surface area contributed by atoms with Gasteiger partial charge in [0, 0.05) is 27.9 Å². The normalized spacial score (nSPS) is 11.6. The van der Waals surface area contributed by atoms with E-state index in [9.17, 15) is 26.3 Å². The quantitative estimate of drug-likeness (QED) is 0.361. The Morgan fingerprint density at radius 1 is 0.793 bits per heavy atom. The molecule has 0 atom stereocenters. The van der Waals surface area contributed by atoms with Crippen LogP contribution in [0.3, 0.4) is 0 Å². The number of hydrogen-bond acceptors (Lipinski definition) is 1. The summed E-state index contributed by atoms with van der Waals surface area (Å²) in [6.45, 7) is 1.11. The van der Waals surface area contributed by atoms with Crippen molar-refractivity contribution >= 4 is 10.2 Å². The summed E-state index contributed by atoms with van der Waals surface area (Å²) in [6, 6.07) is 9.71. The van der Waals surface area contributed by atoms with Crippen molar-refractivity contribution in [2.24, 2.45) is 0 Å². The van der Waals surface area contributed by atoms with Gasteiger partial charge >= 0.3 is 6.11 Å². The van der Waals surface area contributed by atoms with Crippen molar-refractivity contribution in [2.75, 3.05) is 0 Å². The fraction of sp³-hybridized carbons (Fsp3) is 0.143. The number of benzene rings is 3. The standard InChI is InChI=1S/C21H13F6OSi/c1-11-16(22)8-15(9-17(11)23)28-21(26,27)20-18(24)6-14(7-19(20)25)13-4-2-12(10-29)3-5-13/h2-9H,10H2,1H3. The van der Waals surface area contributed by atoms with Crippen LogP contribution in [0.1, 0.15) is 16.7 Å². The van der Waals surface area contributed by atoms with E-state index in [0.717, 1.165) is 24.6 Å². The van der Waals surface area contributed by atoms with Crippen LogP contribution in [0.25, 0.3) is 11.1 Å². The highest BCUT2D eigenvalue weighted by atomic mass is 28.1. The zero-order valence-corrected chi connectivity index (χ0v) is 16.0. The van der Waals surface area contributed by atoms with Gasteiger partial charge < -0.3 is 4.74 Å². The van der Waals surface area contributed by atoms with Crippen LogP contribution in [0.15, 0.2) is 48.5 Å². The molecule has 0 saturated heterocycles. The molecule has 29 heavy (non-hydrogen) atoms. The summed E-state index contributed by atoms with van der Waals surface area (Å²) in [5.41, 5.74) is -0.661. The van der Waals surface area contributed by atoms with E-state index in [-0.39, 0.29) is 5.56 Å². The molecule has 0 aromatic heterocycles. The molecule has 0 spiro atoms. The highest BCUT2D eigenvalue weighted by molar-refractivity contribution is 6.08. The highest BCUT2D eigenvalue weighted by Crippen LogP contribution is 2.37. The molecule has 0 unspecified atom stereocenters. The Kier molecular flexibility index (Phi) is 5.75. The predicted molar refractivity (Wildman–Crippen MR) is 96.9 cm³/mol. The first-order valence-corrected chi connectivity index (χ1v) is 9.09. The Morgan fingerprint density at radius 3 is 1.79 bits per heavy atom. The topological polar surface area (TPSA) is 9.23 Å². The Balaban J connectivity index is 1.97. The minimum Gasteiger partial charge on any atom is -0.429 e. The molecule has 0 aliphatic heterocycles. The maximum absolute atomic E-state index is 14.4. The number of hydrogen-bond donors (Lipinski definition) is 0. The molecular weight excluding hydrogens is 410 g/mol. The zero-order valence-electron chi connectivity index (χ0n) is 15.0. The van der Waals surface area contributed by atoms with Crippen LogP contribution in [0.5, 0.6) is 5.75 Å². The molecule has 0 heterocycles. The summed E-state index contributed by atoms with van der Waals surface area (Å²) >= 11 is 0. The Hall–Kier alpha value is -2.74. The molecule has 3 radical (unpaired) electrons. The van der Waals surface area contributed by atoms with Crippen LogP contribution >= 0.6 is 0 Å². The molecule has 0 aliphatic rings. The number of halogens is 6. The molecule has 0 aliphatic carbocycles. The van der Waals surface area contributed by atoms with Gasteiger partial charge in [0.2, 0.25) is 0 Å². The van der Waals surface area contributed by atoms with Crippen molar-refractivity contribution in [3.63, 3.8) is 0 Å². The monoisotopic (exact) mass is 423 g/mol. The minimum absolute atomic E-state index is 0.0486. The average Bonchev–Trinajstić information content (AvgIpc) is 2.65. The molecule has 0 N–H and O–H groups in total. The third-order valence-electron chi connectivity index (χ3n) is 4.33. The van der Waals surface area contributed by atoms with Crippen LogP contribution in [0, 0.1) is 30.2 Å². The van der Waals surface area contributed by atoms with E-state index >= 15 is 0 Å². The number of ether oxygens (including phenoxy) is 1. The molecule has 0 fully saturated rings. The van der Waals surface area contributed by atoms with Gasteiger partial charge in [0.15, 0.2) is 0 Å². The lowest BCUT2D eigenvalue weighted by molar-refractivity contribution is -0.189. The lowest BCUT2D eigenvalue weighted by atomic mass is 10.0. The van der Waals surface area contributed by atoms with Crippen LogP contribution < -0.4 is 4.74 Å². The zero-order chi connectivity index (χ0) is 21.3. The van der Waals surface area contributed by atoms with E-state index in [2.05, 4.69) is 15.0 Å². The largest absolute Gasteiger partial charge is 0.432 e. The van der Waals surface area contributed by atoms with Crippen molar-refractivity contribution in [1.29, 1.82) is 0 Å². The van der Waals surface area contributed by atoms with Crippen LogP contribution in [0.2, 0.25) is 0 Å². The van der Waals surface area contributed by atoms with Gasteiger partial charge in [0.25, 0.3) is 0 Å². The van der Waals surface area contributed by atoms with Crippen molar-refractivity contribution in [1.82, 2.24) is 0 Å². The van der Waals surface area contributed by atoms with Crippen LogP contribution in [-0.4, -0.2) is 10.2 Å². The molecule has 1 nitrogen and oxygen atoms in total. The predicted octanol–water partition coefficient (Wildman–Crippen LogP) is 6.02. The third-order valence-corrected chi connectivity index (χ3v) is 4.73. The summed E-state index contributed by atoms with van der Waals surface area (Å²) in [5, 5.41) is 0. The van der Waals surface area contributed by atoms with Gasteiger partial charge in [-0.3, -0.25) is 0 Å². The first-order valence-electron chi connectivity index (χ1n) is 8.38. The first kappa shape index (κ1) is 21.0. The van der Waals surface area contributed by atoms with E-state index < -0.39 is 46.3 Å². The maximum atomic E-state index is 14.4. The number of rotatable bonds is 5. The van der Waals surface area contributed by atoms with Gasteiger partial charge in [-0.2, -0.15) is 8.78 Å². The van der Waals surface area contributed by atoms with Crippen molar-refractivity contribution in [3.8, 4) is 16.9 Å². The van der Waals surface area contributed by atoms with E-state index in [1.165, 1.54) is 0 Å². The molecule has 3 aromatic rings. The minimum atomic E-state index is -4.50. The Bertz CT molecular complexity index is 1000. The summed E-state index contributed by atoms with van der Waals surface area (Å²) in [7, 11) is 3.32. The maximum Gasteiger partial charge on any atom is 0.432 e. The smallest absolute Gasteiger partial charge is 0.429 e. The first-order chi connectivity index (χ1) is 13.6. The average molecular weight is 423 g/mol. The van der Waals surface area contributed by atoms with Crippen LogP contribution in [0.4, 0.5) is 26.3 Å². The van der Waals surface area contributed by atoms with Gasteiger partial charge in [-0.15, -0.1) is 0 Å². The fourth-order valence-electron chi connectivity index (χ4n) is 2.71. The summed E-state index contributed by atoms with van der Waals surface area (Å²) in [6.07, 6.45) is -4.50. The van der Waals surface area contributed by atoms with Crippen molar-refractivity contribution in [3.05, 3.63) is 88.5 Å². The molecule has 0 bridgehead atoms. The van der Waals surface area contributed by atoms with Gasteiger partial charge in [0.1, 0.15) is 34.6 Å². The molecule has 0 amide bonds. The van der Waals surface area contributed by atoms with Crippen LogP contribution in [-0.2, 0) is 12.2 Å². The second kappa shape index (κ2) is 7.94. The van der Waals surface area contributed by atoms with E-state index in [4.69, 9.17) is 0 Å². The fourth-order valence-corrected chi connectivity index (χ4v) is 2.95. The van der Waals surface area contributed by atoms with Gasteiger partial charge in [0.05, 0.1) is 0 Å². The Labute approximate surface area is 166 Å². The summed E-state index contributed by atoms with van der Waals surface area (Å²) in [5.74, 6) is -6.26. The van der Waals surface area contributed by atoms with Gasteiger partial charge in [-0.05, 0) is 36.2 Å². The molecule has 3 rings (SSSR count). The molecule has 8 heteroatoms. The molecule has 0 saturated carbocycles. The van der Waals surface area contributed by atoms with Gasteiger partial charge in [-0.25, -0.2) is 17.6 Å². The lowest BCUT2D eigenvalue weighted by Gasteiger charge is -2.20. The molecular formula is C21H13F6OSi. The lowest BCUT2D eigenvalue weighted by Crippen LogP contribution is -2.25. The van der Waals surface area contributed by atoms with Gasteiger partial charge in [-0.1, -0.05) is 29.8 Å². The summed E-state index contributed by atoms with van der Waals surface area (Å²) in [4.78, 5) is 0. The molecule has 149 valence electrons. The molecule has 3 aromatic carbocycles. The number of alkyl halides is 2. The third kappa shape index (κ3) is 4.32. The van der Waals surface area contributed by atoms with E-state index in [1.54, 1.807) is 24.3 Å². The van der Waals surface area contributed by atoms with Crippen molar-refractivity contribution < 1.29 is 31.1 Å².